The lowest BCUT2D eigenvalue weighted by Gasteiger charge is -2.21. The number of hydrogen-bond acceptors (Lipinski definition) is 2. The molecule has 1 nitrogen and oxygen atoms in total. The molecular weight excluding hydrogens is 306 g/mol. The second-order valence-corrected chi connectivity index (χ2v) is 9.67. The predicted molar refractivity (Wildman–Crippen MR) is 84.4 cm³/mol. The second-order valence-electron chi connectivity index (χ2n) is 7.21. The Morgan fingerprint density at radius 2 is 1.89 bits per heavy atom. The van der Waals surface area contributed by atoms with Crippen molar-refractivity contribution < 1.29 is 0 Å². The molecule has 0 aromatic carbocycles. The topological polar surface area (TPSA) is 12.0 Å². The highest BCUT2D eigenvalue weighted by atomic mass is 79.9. The lowest BCUT2D eigenvalue weighted by molar-refractivity contribution is 0.395. The Morgan fingerprint density at radius 3 is 2.33 bits per heavy atom. The van der Waals surface area contributed by atoms with Gasteiger partial charge >= 0.3 is 0 Å². The summed E-state index contributed by atoms with van der Waals surface area (Å²) in [6.07, 6.45) is 0. The highest BCUT2D eigenvalue weighted by Gasteiger charge is 2.68. The van der Waals surface area contributed by atoms with Gasteiger partial charge in [0.1, 0.15) is 0 Å². The van der Waals surface area contributed by atoms with E-state index in [1.807, 2.05) is 11.3 Å². The quantitative estimate of drug-likeness (QED) is 0.838. The standard InChI is InChI=1S/C15H24BrNS/c1-13(2,3)17-9-10-14(4,5)15(10,6)11-7-8-12(16)18-11/h7-8,10,17H,9H2,1-6H3. The van der Waals surface area contributed by atoms with Gasteiger partial charge in [0.25, 0.3) is 0 Å². The van der Waals surface area contributed by atoms with Crippen LogP contribution in [0.2, 0.25) is 0 Å². The maximum atomic E-state index is 3.66. The molecule has 0 radical (unpaired) electrons. The summed E-state index contributed by atoms with van der Waals surface area (Å²) in [5, 5.41) is 3.66. The van der Waals surface area contributed by atoms with Crippen molar-refractivity contribution in [1.29, 1.82) is 0 Å². The Labute approximate surface area is 123 Å². The summed E-state index contributed by atoms with van der Waals surface area (Å²) in [5.74, 6) is 0.717. The number of rotatable bonds is 3. The molecule has 2 atom stereocenters. The third-order valence-corrected chi connectivity index (χ3v) is 6.61. The molecule has 1 fully saturated rings. The summed E-state index contributed by atoms with van der Waals surface area (Å²) >= 11 is 5.47. The van der Waals surface area contributed by atoms with Crippen molar-refractivity contribution in [2.24, 2.45) is 11.3 Å². The van der Waals surface area contributed by atoms with Gasteiger partial charge in [-0.25, -0.2) is 0 Å². The third kappa shape index (κ3) is 2.30. The van der Waals surface area contributed by atoms with Gasteiger partial charge in [0.2, 0.25) is 0 Å². The SMILES string of the molecule is CC(C)(C)NCC1C(C)(C)C1(C)c1ccc(Br)s1. The van der Waals surface area contributed by atoms with Gasteiger partial charge in [0.05, 0.1) is 3.79 Å². The summed E-state index contributed by atoms with van der Waals surface area (Å²) < 4.78 is 1.24. The van der Waals surface area contributed by atoms with Crippen LogP contribution in [-0.2, 0) is 5.41 Å². The fraction of sp³-hybridized carbons (Fsp3) is 0.733. The molecule has 0 bridgehead atoms. The highest BCUT2D eigenvalue weighted by molar-refractivity contribution is 9.11. The van der Waals surface area contributed by atoms with E-state index >= 15 is 0 Å². The van der Waals surface area contributed by atoms with Gasteiger partial charge in [0.15, 0.2) is 0 Å². The second kappa shape index (κ2) is 4.32. The first-order chi connectivity index (χ1) is 8.09. The van der Waals surface area contributed by atoms with Crippen LogP contribution < -0.4 is 5.32 Å². The Morgan fingerprint density at radius 1 is 1.28 bits per heavy atom. The molecule has 0 amide bonds. The average Bonchev–Trinajstić information content (AvgIpc) is 2.56. The Balaban J connectivity index is 2.15. The maximum Gasteiger partial charge on any atom is 0.0701 e. The molecule has 3 heteroatoms. The minimum absolute atomic E-state index is 0.204. The smallest absolute Gasteiger partial charge is 0.0701 e. The Kier molecular flexibility index (Phi) is 3.49. The van der Waals surface area contributed by atoms with Crippen molar-refractivity contribution in [2.45, 2.75) is 52.5 Å². The van der Waals surface area contributed by atoms with Gasteiger partial charge < -0.3 is 5.32 Å². The molecular formula is C15H24BrNS. The first-order valence-corrected chi connectivity index (χ1v) is 8.21. The molecule has 2 rings (SSSR count). The molecule has 1 saturated carbocycles. The maximum absolute atomic E-state index is 3.66. The molecule has 2 unspecified atom stereocenters. The Hall–Kier alpha value is 0.140. The van der Waals surface area contributed by atoms with E-state index in [4.69, 9.17) is 0 Å². The van der Waals surface area contributed by atoms with Crippen LogP contribution in [0.15, 0.2) is 15.9 Å². The van der Waals surface area contributed by atoms with Crippen molar-refractivity contribution in [3.8, 4) is 0 Å². The first kappa shape index (κ1) is 14.5. The molecule has 1 aliphatic carbocycles. The molecule has 1 aromatic heterocycles. The number of hydrogen-bond donors (Lipinski definition) is 1. The normalized spacial score (nSPS) is 30.5. The van der Waals surface area contributed by atoms with Crippen LogP contribution in [0.1, 0.15) is 46.4 Å². The van der Waals surface area contributed by atoms with Gasteiger partial charge in [0, 0.05) is 15.8 Å². The van der Waals surface area contributed by atoms with Crippen LogP contribution in [0, 0.1) is 11.3 Å². The summed E-state index contributed by atoms with van der Waals surface area (Å²) in [6, 6.07) is 4.46. The lowest BCUT2D eigenvalue weighted by Crippen LogP contribution is -2.38. The van der Waals surface area contributed by atoms with E-state index in [2.05, 4.69) is 74.9 Å². The van der Waals surface area contributed by atoms with Crippen molar-refractivity contribution >= 4 is 27.3 Å². The highest BCUT2D eigenvalue weighted by Crippen LogP contribution is 2.70. The van der Waals surface area contributed by atoms with Gasteiger partial charge in [-0.2, -0.15) is 0 Å². The van der Waals surface area contributed by atoms with Gasteiger partial charge in [-0.05, 0) is 66.7 Å². The van der Waals surface area contributed by atoms with E-state index in [0.717, 1.165) is 12.5 Å². The van der Waals surface area contributed by atoms with E-state index in [1.165, 1.54) is 8.66 Å². The van der Waals surface area contributed by atoms with E-state index in [1.54, 1.807) is 0 Å². The minimum Gasteiger partial charge on any atom is -0.312 e. The molecule has 1 heterocycles. The van der Waals surface area contributed by atoms with E-state index in [-0.39, 0.29) is 5.54 Å². The van der Waals surface area contributed by atoms with E-state index < -0.39 is 0 Å². The van der Waals surface area contributed by atoms with Crippen molar-refractivity contribution in [3.05, 3.63) is 20.8 Å². The Bertz CT molecular complexity index is 444. The summed E-state index contributed by atoms with van der Waals surface area (Å²) in [5.41, 5.74) is 0.910. The third-order valence-electron chi connectivity index (χ3n) is 4.74. The van der Waals surface area contributed by atoms with Crippen molar-refractivity contribution in [1.82, 2.24) is 5.32 Å². The lowest BCUT2D eigenvalue weighted by atomic mass is 9.96. The van der Waals surface area contributed by atoms with E-state index in [0.29, 0.717) is 10.8 Å². The fourth-order valence-corrected chi connectivity index (χ4v) is 4.81. The van der Waals surface area contributed by atoms with Crippen LogP contribution >= 0.6 is 27.3 Å². The molecule has 102 valence electrons. The zero-order valence-electron chi connectivity index (χ0n) is 12.2. The first-order valence-electron chi connectivity index (χ1n) is 6.60. The van der Waals surface area contributed by atoms with Gasteiger partial charge in [-0.15, -0.1) is 11.3 Å². The van der Waals surface area contributed by atoms with Crippen LogP contribution in [0.4, 0.5) is 0 Å². The zero-order valence-corrected chi connectivity index (χ0v) is 14.6. The number of thiophene rings is 1. The predicted octanol–water partition coefficient (Wildman–Crippen LogP) is 4.81. The summed E-state index contributed by atoms with van der Waals surface area (Å²) in [4.78, 5) is 1.51. The summed E-state index contributed by atoms with van der Waals surface area (Å²) in [7, 11) is 0. The molecule has 0 aliphatic heterocycles. The van der Waals surface area contributed by atoms with Crippen LogP contribution in [0.3, 0.4) is 0 Å². The molecule has 0 saturated heterocycles. The van der Waals surface area contributed by atoms with Crippen LogP contribution in [0.5, 0.6) is 0 Å². The summed E-state index contributed by atoms with van der Waals surface area (Å²) in [6.45, 7) is 15.0. The van der Waals surface area contributed by atoms with Crippen LogP contribution in [-0.4, -0.2) is 12.1 Å². The van der Waals surface area contributed by atoms with E-state index in [9.17, 15) is 0 Å². The number of halogens is 1. The van der Waals surface area contributed by atoms with Crippen molar-refractivity contribution in [3.63, 3.8) is 0 Å². The average molecular weight is 330 g/mol. The molecule has 0 spiro atoms. The van der Waals surface area contributed by atoms with Gasteiger partial charge in [-0.3, -0.25) is 0 Å². The van der Waals surface area contributed by atoms with Crippen molar-refractivity contribution in [2.75, 3.05) is 6.54 Å². The largest absolute Gasteiger partial charge is 0.312 e. The fourth-order valence-electron chi connectivity index (χ4n) is 3.05. The minimum atomic E-state index is 0.204. The van der Waals surface area contributed by atoms with Gasteiger partial charge in [-0.1, -0.05) is 20.8 Å². The molecule has 18 heavy (non-hydrogen) atoms. The molecule has 1 aromatic rings. The monoisotopic (exact) mass is 329 g/mol. The zero-order chi connectivity index (χ0) is 13.8. The number of nitrogens with one attached hydrogen (secondary N) is 1. The molecule has 1 N–H and O–H groups in total. The molecule has 1 aliphatic rings. The van der Waals surface area contributed by atoms with Crippen LogP contribution in [0.25, 0.3) is 0 Å².